The van der Waals surface area contributed by atoms with Gasteiger partial charge in [0.2, 0.25) is 0 Å². The Labute approximate surface area is 71.8 Å². The summed E-state index contributed by atoms with van der Waals surface area (Å²) < 4.78 is 0.950. The predicted molar refractivity (Wildman–Crippen MR) is 45.9 cm³/mol. The van der Waals surface area contributed by atoms with Gasteiger partial charge in [0.25, 0.3) is 0 Å². The van der Waals surface area contributed by atoms with E-state index in [4.69, 9.17) is 10.0 Å². The summed E-state index contributed by atoms with van der Waals surface area (Å²) in [6, 6.07) is 1.89. The highest BCUT2D eigenvalue weighted by Crippen LogP contribution is 2.22. The monoisotopic (exact) mass is 220 g/mol. The van der Waals surface area contributed by atoms with Crippen molar-refractivity contribution in [3.05, 3.63) is 20.8 Å². The van der Waals surface area contributed by atoms with Crippen molar-refractivity contribution in [1.82, 2.24) is 0 Å². The van der Waals surface area contributed by atoms with Gasteiger partial charge in [0.05, 0.1) is 0 Å². The lowest BCUT2D eigenvalue weighted by molar-refractivity contribution is 0.406. The molecule has 0 aliphatic heterocycles. The van der Waals surface area contributed by atoms with Gasteiger partial charge in [0, 0.05) is 15.7 Å². The summed E-state index contributed by atoms with van der Waals surface area (Å²) >= 11 is 4.79. The quantitative estimate of drug-likeness (QED) is 0.733. The molecule has 5 heteroatoms. The van der Waals surface area contributed by atoms with E-state index in [1.165, 1.54) is 11.3 Å². The van der Waals surface area contributed by atoms with E-state index in [-0.39, 0.29) is 0 Å². The Balaban J connectivity index is 2.65. The summed E-state index contributed by atoms with van der Waals surface area (Å²) in [6.07, 6.45) is 0.304. The van der Waals surface area contributed by atoms with E-state index in [9.17, 15) is 0 Å². The molecule has 2 N–H and O–H groups in total. The molecule has 0 aliphatic carbocycles. The smallest absolute Gasteiger partial charge is 0.427 e. The molecule has 1 aromatic heterocycles. The Morgan fingerprint density at radius 1 is 1.60 bits per heavy atom. The van der Waals surface area contributed by atoms with Gasteiger partial charge in [-0.05, 0) is 27.4 Å². The molecule has 1 rings (SSSR count). The average Bonchev–Trinajstić information content (AvgIpc) is 2.15. The van der Waals surface area contributed by atoms with Gasteiger partial charge in [-0.15, -0.1) is 11.3 Å². The topological polar surface area (TPSA) is 40.5 Å². The number of hydrogen-bond acceptors (Lipinski definition) is 3. The largest absolute Gasteiger partial charge is 0.456 e. The molecule has 0 radical (unpaired) electrons. The normalized spacial score (nSPS) is 9.90. The molecule has 10 heavy (non-hydrogen) atoms. The van der Waals surface area contributed by atoms with E-state index < -0.39 is 7.12 Å². The third-order valence-electron chi connectivity index (χ3n) is 1.06. The fraction of sp³-hybridized carbons (Fsp3) is 0.200. The van der Waals surface area contributed by atoms with Crippen LogP contribution < -0.4 is 0 Å². The van der Waals surface area contributed by atoms with Crippen LogP contribution >= 0.6 is 27.3 Å². The number of thiophene rings is 1. The molecular weight excluding hydrogens is 215 g/mol. The molecule has 0 fully saturated rings. The second-order valence-corrected chi connectivity index (χ2v) is 3.73. The Hall–Kier alpha value is 0.165. The van der Waals surface area contributed by atoms with E-state index in [1.807, 2.05) is 11.4 Å². The first-order valence-corrected chi connectivity index (χ1v) is 4.45. The molecule has 0 aromatic carbocycles. The summed E-state index contributed by atoms with van der Waals surface area (Å²) in [5.41, 5.74) is 0. The van der Waals surface area contributed by atoms with Crippen molar-refractivity contribution in [2.75, 3.05) is 0 Å². The van der Waals surface area contributed by atoms with Crippen LogP contribution in [0.15, 0.2) is 15.9 Å². The Morgan fingerprint density at radius 3 is 2.70 bits per heavy atom. The zero-order valence-corrected chi connectivity index (χ0v) is 7.52. The SMILES string of the molecule is OB(O)Cc1sccc1Br. The first-order valence-electron chi connectivity index (χ1n) is 2.78. The van der Waals surface area contributed by atoms with Gasteiger partial charge in [0.15, 0.2) is 0 Å². The van der Waals surface area contributed by atoms with E-state index in [2.05, 4.69) is 15.9 Å². The van der Waals surface area contributed by atoms with Crippen LogP contribution in [0.2, 0.25) is 0 Å². The highest BCUT2D eigenvalue weighted by molar-refractivity contribution is 9.10. The standard InChI is InChI=1S/C5H6BBrO2S/c7-4-1-2-10-5(4)3-6(8)9/h1-2,8-9H,3H2. The lowest BCUT2D eigenvalue weighted by Gasteiger charge is -1.94. The van der Waals surface area contributed by atoms with Crippen molar-refractivity contribution in [1.29, 1.82) is 0 Å². The minimum absolute atomic E-state index is 0.304. The minimum atomic E-state index is -1.24. The van der Waals surface area contributed by atoms with Crippen LogP contribution in [-0.4, -0.2) is 17.2 Å². The van der Waals surface area contributed by atoms with Crippen molar-refractivity contribution in [2.45, 2.75) is 6.32 Å². The molecule has 1 heterocycles. The van der Waals surface area contributed by atoms with Crippen molar-refractivity contribution in [3.63, 3.8) is 0 Å². The number of rotatable bonds is 2. The van der Waals surface area contributed by atoms with Crippen LogP contribution in [0.5, 0.6) is 0 Å². The van der Waals surface area contributed by atoms with E-state index >= 15 is 0 Å². The molecule has 0 unspecified atom stereocenters. The van der Waals surface area contributed by atoms with Crippen molar-refractivity contribution < 1.29 is 10.0 Å². The molecule has 0 spiro atoms. The molecule has 0 atom stereocenters. The molecule has 0 amide bonds. The van der Waals surface area contributed by atoms with Gasteiger partial charge in [0.1, 0.15) is 0 Å². The molecular formula is C5H6BBrO2S. The summed E-state index contributed by atoms with van der Waals surface area (Å²) in [4.78, 5) is 0.968. The Kier molecular flexibility index (Phi) is 2.91. The second-order valence-electron chi connectivity index (χ2n) is 1.88. The summed E-state index contributed by atoms with van der Waals surface area (Å²) in [5.74, 6) is 0. The summed E-state index contributed by atoms with van der Waals surface area (Å²) in [5, 5.41) is 19.1. The van der Waals surface area contributed by atoms with Crippen LogP contribution in [-0.2, 0) is 6.32 Å². The molecule has 2 nitrogen and oxygen atoms in total. The van der Waals surface area contributed by atoms with Gasteiger partial charge in [-0.25, -0.2) is 0 Å². The first kappa shape index (κ1) is 8.26. The van der Waals surface area contributed by atoms with Gasteiger partial charge in [-0.2, -0.15) is 0 Å². The molecule has 0 bridgehead atoms. The van der Waals surface area contributed by atoms with Crippen LogP contribution in [0.4, 0.5) is 0 Å². The summed E-state index contributed by atoms with van der Waals surface area (Å²) in [6.45, 7) is 0. The van der Waals surface area contributed by atoms with Gasteiger partial charge in [-0.3, -0.25) is 0 Å². The molecule has 0 saturated carbocycles. The fourth-order valence-corrected chi connectivity index (χ4v) is 2.18. The van der Waals surface area contributed by atoms with Crippen LogP contribution in [0.3, 0.4) is 0 Å². The third kappa shape index (κ3) is 2.09. The molecule has 1 aromatic rings. The first-order chi connectivity index (χ1) is 4.70. The lowest BCUT2D eigenvalue weighted by Crippen LogP contribution is -2.14. The van der Waals surface area contributed by atoms with Crippen LogP contribution in [0.1, 0.15) is 4.88 Å². The highest BCUT2D eigenvalue weighted by atomic mass is 79.9. The predicted octanol–water partition coefficient (Wildman–Crippen LogP) is 1.07. The van der Waals surface area contributed by atoms with Crippen molar-refractivity contribution in [3.8, 4) is 0 Å². The van der Waals surface area contributed by atoms with Crippen LogP contribution in [0.25, 0.3) is 0 Å². The van der Waals surface area contributed by atoms with Crippen molar-refractivity contribution >= 4 is 34.4 Å². The number of halogens is 1. The van der Waals surface area contributed by atoms with Gasteiger partial charge >= 0.3 is 7.12 Å². The van der Waals surface area contributed by atoms with Crippen LogP contribution in [0, 0.1) is 0 Å². The van der Waals surface area contributed by atoms with E-state index in [0.29, 0.717) is 6.32 Å². The van der Waals surface area contributed by atoms with Gasteiger partial charge < -0.3 is 10.0 Å². The average molecular weight is 221 g/mol. The van der Waals surface area contributed by atoms with E-state index in [0.717, 1.165) is 9.35 Å². The molecule has 0 aliphatic rings. The fourth-order valence-electron chi connectivity index (χ4n) is 0.637. The summed E-state index contributed by atoms with van der Waals surface area (Å²) in [7, 11) is -1.24. The highest BCUT2D eigenvalue weighted by Gasteiger charge is 2.11. The number of hydrogen-bond donors (Lipinski definition) is 2. The Morgan fingerprint density at radius 2 is 2.30 bits per heavy atom. The lowest BCUT2D eigenvalue weighted by atomic mass is 9.86. The Bertz CT molecular complexity index is 213. The zero-order valence-electron chi connectivity index (χ0n) is 5.12. The van der Waals surface area contributed by atoms with Crippen molar-refractivity contribution in [2.24, 2.45) is 0 Å². The third-order valence-corrected chi connectivity index (χ3v) is 3.01. The maximum atomic E-state index is 8.59. The van der Waals surface area contributed by atoms with Gasteiger partial charge in [-0.1, -0.05) is 0 Å². The maximum Gasteiger partial charge on any atom is 0.456 e. The minimum Gasteiger partial charge on any atom is -0.427 e. The second kappa shape index (κ2) is 3.53. The maximum absolute atomic E-state index is 8.59. The molecule has 54 valence electrons. The van der Waals surface area contributed by atoms with E-state index in [1.54, 1.807) is 0 Å². The zero-order chi connectivity index (χ0) is 7.56. The molecule has 0 saturated heterocycles.